The minimum Gasteiger partial charge on any atom is -0.505 e. The van der Waals surface area contributed by atoms with Gasteiger partial charge in [0.05, 0.1) is 30.5 Å². The second-order valence-electron chi connectivity index (χ2n) is 8.93. The van der Waals surface area contributed by atoms with Gasteiger partial charge in [0.15, 0.2) is 5.76 Å². The fourth-order valence-corrected chi connectivity index (χ4v) is 4.94. The van der Waals surface area contributed by atoms with Crippen molar-refractivity contribution in [2.24, 2.45) is 0 Å². The molecule has 2 fully saturated rings. The lowest BCUT2D eigenvalue weighted by Crippen LogP contribution is -2.42. The largest absolute Gasteiger partial charge is 0.505 e. The van der Waals surface area contributed by atoms with E-state index in [9.17, 15) is 19.1 Å². The molecule has 182 valence electrons. The zero-order chi connectivity index (χ0) is 24.7. The molecule has 9 heteroatoms. The second-order valence-corrected chi connectivity index (χ2v) is 8.93. The molecule has 5 rings (SSSR count). The minimum atomic E-state index is -0.915. The second kappa shape index (κ2) is 9.24. The number of fused-ring (bicyclic) bond motifs is 1. The number of pyridine rings is 1. The van der Waals surface area contributed by atoms with Crippen LogP contribution in [-0.2, 0) is 14.3 Å². The number of aromatic nitrogens is 2. The number of morpholine rings is 1. The van der Waals surface area contributed by atoms with Crippen LogP contribution in [0.2, 0.25) is 0 Å². The van der Waals surface area contributed by atoms with E-state index in [2.05, 4.69) is 9.88 Å². The molecule has 2 aliphatic heterocycles. The van der Waals surface area contributed by atoms with E-state index in [1.54, 1.807) is 23.6 Å². The number of hydrogen-bond acceptors (Lipinski definition) is 6. The summed E-state index contributed by atoms with van der Waals surface area (Å²) in [5, 5.41) is 11.5. The molecule has 1 unspecified atom stereocenters. The molecule has 0 spiro atoms. The topological polar surface area (TPSA) is 87.4 Å². The van der Waals surface area contributed by atoms with Crippen LogP contribution < -0.4 is 0 Å². The molecule has 0 radical (unpaired) electrons. The van der Waals surface area contributed by atoms with Gasteiger partial charge in [0.2, 0.25) is 0 Å². The van der Waals surface area contributed by atoms with Crippen LogP contribution in [0.5, 0.6) is 0 Å². The Morgan fingerprint density at radius 2 is 1.91 bits per heavy atom. The number of aryl methyl sites for hydroxylation is 2. The summed E-state index contributed by atoms with van der Waals surface area (Å²) in [7, 11) is 0. The highest BCUT2D eigenvalue weighted by molar-refractivity contribution is 6.46. The third-order valence-electron chi connectivity index (χ3n) is 6.71. The van der Waals surface area contributed by atoms with E-state index in [1.165, 1.54) is 23.1 Å². The van der Waals surface area contributed by atoms with E-state index in [0.717, 1.165) is 18.7 Å². The quantitative estimate of drug-likeness (QED) is 0.345. The van der Waals surface area contributed by atoms with Crippen molar-refractivity contribution in [2.75, 3.05) is 39.4 Å². The average molecular weight is 479 g/mol. The van der Waals surface area contributed by atoms with Gasteiger partial charge in [0.25, 0.3) is 11.7 Å². The molecule has 35 heavy (non-hydrogen) atoms. The van der Waals surface area contributed by atoms with Crippen molar-refractivity contribution in [3.63, 3.8) is 0 Å². The lowest BCUT2D eigenvalue weighted by Gasteiger charge is -2.31. The third kappa shape index (κ3) is 4.11. The summed E-state index contributed by atoms with van der Waals surface area (Å²) >= 11 is 0. The van der Waals surface area contributed by atoms with E-state index in [0.29, 0.717) is 42.4 Å². The van der Waals surface area contributed by atoms with Crippen molar-refractivity contribution in [3.8, 4) is 0 Å². The Balaban J connectivity index is 1.63. The van der Waals surface area contributed by atoms with Gasteiger partial charge in [0.1, 0.15) is 17.2 Å². The summed E-state index contributed by atoms with van der Waals surface area (Å²) in [5.41, 5.74) is 2.78. The third-order valence-corrected chi connectivity index (χ3v) is 6.71. The van der Waals surface area contributed by atoms with E-state index < -0.39 is 23.5 Å². The highest BCUT2D eigenvalue weighted by Crippen LogP contribution is 2.40. The first-order valence-corrected chi connectivity index (χ1v) is 11.7. The van der Waals surface area contributed by atoms with Crippen LogP contribution in [-0.4, -0.2) is 75.4 Å². The summed E-state index contributed by atoms with van der Waals surface area (Å²) in [6.07, 6.45) is 1.75. The van der Waals surface area contributed by atoms with Crippen LogP contribution in [0.25, 0.3) is 11.4 Å². The van der Waals surface area contributed by atoms with Crippen molar-refractivity contribution in [1.29, 1.82) is 0 Å². The zero-order valence-corrected chi connectivity index (χ0v) is 19.7. The molecule has 1 amide bonds. The first-order chi connectivity index (χ1) is 16.9. The molecule has 8 nitrogen and oxygen atoms in total. The number of Topliss-reactive ketones (excluding diaryl/α,β-unsaturated/α-hetero) is 1. The molecular weight excluding hydrogens is 451 g/mol. The summed E-state index contributed by atoms with van der Waals surface area (Å²) in [6.45, 7) is 7.13. The maximum absolute atomic E-state index is 14.2. The van der Waals surface area contributed by atoms with Crippen molar-refractivity contribution >= 4 is 23.1 Å². The highest BCUT2D eigenvalue weighted by atomic mass is 19.1. The maximum atomic E-state index is 14.2. The SMILES string of the molecule is Cc1nc2c(C)cccn2c1/C(O)=C1\C(=O)C(=O)N(CCN2CCOCC2)C1c1cccc(F)c1. The number of imidazole rings is 1. The molecule has 2 aliphatic rings. The van der Waals surface area contributed by atoms with Crippen molar-refractivity contribution < 1.29 is 23.8 Å². The summed E-state index contributed by atoms with van der Waals surface area (Å²) < 4.78 is 21.3. The van der Waals surface area contributed by atoms with Gasteiger partial charge in [0, 0.05) is 32.4 Å². The van der Waals surface area contributed by atoms with E-state index >= 15 is 0 Å². The number of ketones is 1. The van der Waals surface area contributed by atoms with Gasteiger partial charge in [-0.05, 0) is 43.2 Å². The van der Waals surface area contributed by atoms with E-state index in [1.807, 2.05) is 19.1 Å². The number of rotatable bonds is 5. The number of nitrogens with zero attached hydrogens (tertiary/aromatic N) is 4. The Morgan fingerprint density at radius 3 is 2.66 bits per heavy atom. The molecule has 0 aliphatic carbocycles. The van der Waals surface area contributed by atoms with Gasteiger partial charge in [-0.1, -0.05) is 18.2 Å². The van der Waals surface area contributed by atoms with Crippen LogP contribution in [0.15, 0.2) is 48.2 Å². The Bertz CT molecular complexity index is 1340. The van der Waals surface area contributed by atoms with Crippen molar-refractivity contribution in [3.05, 3.63) is 76.5 Å². The Labute approximate surface area is 202 Å². The van der Waals surface area contributed by atoms with Crippen molar-refractivity contribution in [1.82, 2.24) is 19.2 Å². The smallest absolute Gasteiger partial charge is 0.295 e. The van der Waals surface area contributed by atoms with Gasteiger partial charge in [-0.15, -0.1) is 0 Å². The molecule has 2 aromatic heterocycles. The molecular formula is C26H27FN4O4. The van der Waals surface area contributed by atoms with Gasteiger partial charge >= 0.3 is 0 Å². The summed E-state index contributed by atoms with van der Waals surface area (Å²) in [5.74, 6) is -2.30. The number of benzene rings is 1. The Morgan fingerprint density at radius 1 is 1.14 bits per heavy atom. The van der Waals surface area contributed by atoms with E-state index in [4.69, 9.17) is 4.74 Å². The van der Waals surface area contributed by atoms with Crippen LogP contribution in [0.1, 0.15) is 28.6 Å². The zero-order valence-electron chi connectivity index (χ0n) is 19.7. The summed E-state index contributed by atoms with van der Waals surface area (Å²) in [6, 6.07) is 8.63. The first kappa shape index (κ1) is 23.2. The Hall–Kier alpha value is -3.56. The Kier molecular flexibility index (Phi) is 6.12. The lowest BCUT2D eigenvalue weighted by molar-refractivity contribution is -0.140. The van der Waals surface area contributed by atoms with E-state index in [-0.39, 0.29) is 17.9 Å². The number of hydrogen-bond donors (Lipinski definition) is 1. The number of halogens is 1. The summed E-state index contributed by atoms with van der Waals surface area (Å²) in [4.78, 5) is 34.7. The van der Waals surface area contributed by atoms with Crippen LogP contribution in [0, 0.1) is 19.7 Å². The normalized spacial score (nSPS) is 20.8. The molecule has 2 saturated heterocycles. The van der Waals surface area contributed by atoms with Crippen LogP contribution in [0.4, 0.5) is 4.39 Å². The maximum Gasteiger partial charge on any atom is 0.295 e. The molecule has 4 heterocycles. The van der Waals surface area contributed by atoms with Gasteiger partial charge in [-0.2, -0.15) is 0 Å². The molecule has 0 saturated carbocycles. The standard InChI is InChI=1S/C26H27FN4O4/c1-16-5-4-8-30-21(17(2)28-25(16)30)23(32)20-22(18-6-3-7-19(27)15-18)31(26(34)24(20)33)10-9-29-11-13-35-14-12-29/h3-8,15,22,32H,9-14H2,1-2H3/b23-20+. The number of amides is 1. The number of aliphatic hydroxyl groups excluding tert-OH is 1. The number of likely N-dealkylation sites (tertiary alicyclic amines) is 1. The molecule has 1 N–H and O–H groups in total. The molecule has 1 atom stereocenters. The lowest BCUT2D eigenvalue weighted by atomic mass is 9.96. The van der Waals surface area contributed by atoms with Crippen LogP contribution in [0.3, 0.4) is 0 Å². The predicted molar refractivity (Wildman–Crippen MR) is 127 cm³/mol. The van der Waals surface area contributed by atoms with Crippen LogP contribution >= 0.6 is 0 Å². The van der Waals surface area contributed by atoms with Gasteiger partial charge < -0.3 is 14.7 Å². The highest BCUT2D eigenvalue weighted by Gasteiger charge is 2.46. The predicted octanol–water partition coefficient (Wildman–Crippen LogP) is 2.84. The average Bonchev–Trinajstić information content (AvgIpc) is 3.32. The van der Waals surface area contributed by atoms with Gasteiger partial charge in [-0.25, -0.2) is 9.37 Å². The molecule has 3 aromatic rings. The molecule has 1 aromatic carbocycles. The number of carbonyl (C=O) groups excluding carboxylic acids is 2. The fourth-order valence-electron chi connectivity index (χ4n) is 4.94. The van der Waals surface area contributed by atoms with Gasteiger partial charge in [-0.3, -0.25) is 18.9 Å². The van der Waals surface area contributed by atoms with Crippen molar-refractivity contribution in [2.45, 2.75) is 19.9 Å². The number of ether oxygens (including phenoxy) is 1. The number of aliphatic hydroxyl groups is 1. The number of carbonyl (C=O) groups is 2. The first-order valence-electron chi connectivity index (χ1n) is 11.7. The molecule has 0 bridgehead atoms. The monoisotopic (exact) mass is 478 g/mol. The minimum absolute atomic E-state index is 0.0611. The fraction of sp³-hybridized carbons (Fsp3) is 0.346.